The van der Waals surface area contributed by atoms with Crippen molar-refractivity contribution in [3.05, 3.63) is 73.5 Å². The highest BCUT2D eigenvalue weighted by Crippen LogP contribution is 2.35. The lowest BCUT2D eigenvalue weighted by atomic mass is 9.94. The van der Waals surface area contributed by atoms with E-state index in [0.29, 0.717) is 22.1 Å². The lowest BCUT2D eigenvalue weighted by Gasteiger charge is -2.18. The number of aryl methyl sites for hydroxylation is 1. The summed E-state index contributed by atoms with van der Waals surface area (Å²) in [6.07, 6.45) is 0. The Bertz CT molecular complexity index is 1380. The Morgan fingerprint density at radius 2 is 1.74 bits per heavy atom. The molecular formula is C25H25ClN2O7. The molecule has 0 saturated heterocycles. The van der Waals surface area contributed by atoms with Gasteiger partial charge in [0.15, 0.2) is 0 Å². The van der Waals surface area contributed by atoms with Crippen molar-refractivity contribution in [3.63, 3.8) is 0 Å². The molecule has 1 heterocycles. The number of nitrogens with two attached hydrogens (primary N) is 1. The molecule has 5 N–H and O–H groups in total. The number of benzene rings is 2. The maximum Gasteiger partial charge on any atom is 0.342 e. The van der Waals surface area contributed by atoms with Crippen LogP contribution in [0.1, 0.15) is 57.2 Å². The summed E-state index contributed by atoms with van der Waals surface area (Å²) < 4.78 is 11.5. The highest BCUT2D eigenvalue weighted by atomic mass is 35.5. The van der Waals surface area contributed by atoms with Crippen LogP contribution in [0.2, 0.25) is 5.02 Å². The SMILES string of the molecule is COc1ccc(-c2c(C(=O)O)c(N)[nH]c(=O)c2C(=O)O)cc1COc1cc(C)c(Cl)cc1C(C)C. The summed E-state index contributed by atoms with van der Waals surface area (Å²) in [7, 11) is 1.46. The number of ether oxygens (including phenoxy) is 2. The van der Waals surface area contributed by atoms with Crippen LogP contribution in [0.25, 0.3) is 11.1 Å². The van der Waals surface area contributed by atoms with Crippen molar-refractivity contribution in [1.29, 1.82) is 0 Å². The number of aromatic carboxylic acids is 2. The van der Waals surface area contributed by atoms with Gasteiger partial charge in [0.25, 0.3) is 5.56 Å². The van der Waals surface area contributed by atoms with Crippen LogP contribution in [0.5, 0.6) is 11.5 Å². The van der Waals surface area contributed by atoms with Gasteiger partial charge in [0.05, 0.1) is 7.11 Å². The number of carbonyl (C=O) groups is 2. The molecule has 0 aliphatic heterocycles. The summed E-state index contributed by atoms with van der Waals surface area (Å²) in [6, 6.07) is 8.20. The quantitative estimate of drug-likeness (QED) is 0.347. The molecule has 35 heavy (non-hydrogen) atoms. The number of halogens is 1. The van der Waals surface area contributed by atoms with E-state index in [1.54, 1.807) is 6.07 Å². The topological polar surface area (TPSA) is 152 Å². The first kappa shape index (κ1) is 25.6. The van der Waals surface area contributed by atoms with E-state index >= 15 is 0 Å². The van der Waals surface area contributed by atoms with E-state index in [9.17, 15) is 24.6 Å². The predicted molar refractivity (Wildman–Crippen MR) is 132 cm³/mol. The van der Waals surface area contributed by atoms with E-state index in [2.05, 4.69) is 4.98 Å². The van der Waals surface area contributed by atoms with Crippen LogP contribution in [0.4, 0.5) is 5.82 Å². The first-order valence-corrected chi connectivity index (χ1v) is 11.0. The molecule has 184 valence electrons. The summed E-state index contributed by atoms with van der Waals surface area (Å²) in [4.78, 5) is 38.2. The minimum atomic E-state index is -1.59. The minimum absolute atomic E-state index is 0.0152. The normalized spacial score (nSPS) is 10.9. The Morgan fingerprint density at radius 3 is 2.31 bits per heavy atom. The molecule has 9 nitrogen and oxygen atoms in total. The fraction of sp³-hybridized carbons (Fsp3) is 0.240. The van der Waals surface area contributed by atoms with Crippen LogP contribution in [-0.2, 0) is 6.61 Å². The number of nitrogen functional groups attached to an aromatic ring is 1. The van der Waals surface area contributed by atoms with Gasteiger partial charge in [0, 0.05) is 16.1 Å². The third-order valence-electron chi connectivity index (χ3n) is 5.54. The van der Waals surface area contributed by atoms with E-state index in [1.165, 1.54) is 19.2 Å². The Labute approximate surface area is 206 Å². The van der Waals surface area contributed by atoms with Gasteiger partial charge < -0.3 is 30.4 Å². The van der Waals surface area contributed by atoms with E-state index in [4.69, 9.17) is 26.8 Å². The average molecular weight is 501 g/mol. The van der Waals surface area contributed by atoms with Crippen LogP contribution in [0.15, 0.2) is 35.1 Å². The fourth-order valence-electron chi connectivity index (χ4n) is 3.78. The van der Waals surface area contributed by atoms with Crippen molar-refractivity contribution in [3.8, 4) is 22.6 Å². The molecule has 0 aliphatic rings. The van der Waals surface area contributed by atoms with Gasteiger partial charge in [-0.3, -0.25) is 4.79 Å². The highest BCUT2D eigenvalue weighted by Gasteiger charge is 2.27. The van der Waals surface area contributed by atoms with Gasteiger partial charge in [-0.2, -0.15) is 0 Å². The number of nitrogens with one attached hydrogen (secondary N) is 1. The molecule has 0 atom stereocenters. The molecule has 0 bridgehead atoms. The number of hydrogen-bond donors (Lipinski definition) is 4. The summed E-state index contributed by atoms with van der Waals surface area (Å²) in [5.74, 6) is -2.34. The second-order valence-electron chi connectivity index (χ2n) is 8.21. The van der Waals surface area contributed by atoms with E-state index in [1.807, 2.05) is 32.9 Å². The molecule has 3 aromatic rings. The molecular weight excluding hydrogens is 476 g/mol. The van der Waals surface area contributed by atoms with E-state index in [0.717, 1.165) is 11.1 Å². The van der Waals surface area contributed by atoms with Gasteiger partial charge in [-0.25, -0.2) is 9.59 Å². The van der Waals surface area contributed by atoms with Crippen LogP contribution >= 0.6 is 11.6 Å². The molecule has 10 heteroatoms. The van der Waals surface area contributed by atoms with Crippen LogP contribution in [-0.4, -0.2) is 34.2 Å². The number of aromatic amines is 1. The molecule has 0 radical (unpaired) electrons. The molecule has 0 amide bonds. The van der Waals surface area contributed by atoms with E-state index in [-0.39, 0.29) is 23.7 Å². The molecule has 2 aromatic carbocycles. The third kappa shape index (κ3) is 5.09. The number of aromatic nitrogens is 1. The van der Waals surface area contributed by atoms with E-state index < -0.39 is 34.4 Å². The monoisotopic (exact) mass is 500 g/mol. The van der Waals surface area contributed by atoms with Crippen LogP contribution in [0, 0.1) is 6.92 Å². The largest absolute Gasteiger partial charge is 0.496 e. The maximum atomic E-state index is 12.4. The van der Waals surface area contributed by atoms with Gasteiger partial charge in [0.1, 0.15) is 35.1 Å². The van der Waals surface area contributed by atoms with Crippen molar-refractivity contribution in [2.75, 3.05) is 12.8 Å². The Morgan fingerprint density at radius 1 is 1.09 bits per heavy atom. The lowest BCUT2D eigenvalue weighted by molar-refractivity contribution is 0.0695. The van der Waals surface area contributed by atoms with Gasteiger partial charge in [-0.1, -0.05) is 31.5 Å². The number of carboxylic acids is 2. The Hall–Kier alpha value is -3.98. The zero-order valence-corrected chi connectivity index (χ0v) is 20.3. The number of H-pyrrole nitrogens is 1. The molecule has 0 aliphatic carbocycles. The summed E-state index contributed by atoms with van der Waals surface area (Å²) in [5.41, 5.74) is 5.57. The van der Waals surface area contributed by atoms with Gasteiger partial charge >= 0.3 is 11.9 Å². The minimum Gasteiger partial charge on any atom is -0.496 e. The maximum absolute atomic E-state index is 12.4. The smallest absolute Gasteiger partial charge is 0.342 e. The zero-order valence-electron chi connectivity index (χ0n) is 19.6. The molecule has 3 rings (SSSR count). The Balaban J connectivity index is 2.16. The molecule has 0 spiro atoms. The first-order chi connectivity index (χ1) is 16.5. The van der Waals surface area contributed by atoms with Gasteiger partial charge in [0.2, 0.25) is 0 Å². The van der Waals surface area contributed by atoms with Gasteiger partial charge in [-0.15, -0.1) is 0 Å². The third-order valence-corrected chi connectivity index (χ3v) is 5.94. The predicted octanol–water partition coefficient (Wildman–Crippen LogP) is 4.69. The van der Waals surface area contributed by atoms with Crippen LogP contribution < -0.4 is 20.8 Å². The summed E-state index contributed by atoms with van der Waals surface area (Å²) >= 11 is 6.28. The van der Waals surface area contributed by atoms with Crippen molar-refractivity contribution in [2.45, 2.75) is 33.3 Å². The van der Waals surface area contributed by atoms with Gasteiger partial charge in [-0.05, 0) is 53.8 Å². The highest BCUT2D eigenvalue weighted by molar-refractivity contribution is 6.31. The average Bonchev–Trinajstić information content (AvgIpc) is 2.77. The number of methoxy groups -OCH3 is 1. The molecule has 0 fully saturated rings. The zero-order chi connectivity index (χ0) is 26.0. The molecule has 1 aromatic heterocycles. The summed E-state index contributed by atoms with van der Waals surface area (Å²) in [5, 5.41) is 20.0. The number of pyridine rings is 1. The first-order valence-electron chi connectivity index (χ1n) is 10.6. The number of anilines is 1. The lowest BCUT2D eigenvalue weighted by Crippen LogP contribution is -2.24. The number of carboxylic acid groups (broad SMARTS) is 2. The Kier molecular flexibility index (Phi) is 7.40. The summed E-state index contributed by atoms with van der Waals surface area (Å²) in [6.45, 7) is 5.89. The second kappa shape index (κ2) is 10.1. The van der Waals surface area contributed by atoms with Crippen molar-refractivity contribution in [1.82, 2.24) is 4.98 Å². The molecule has 0 unspecified atom stereocenters. The molecule has 0 saturated carbocycles. The van der Waals surface area contributed by atoms with Crippen molar-refractivity contribution >= 4 is 29.4 Å². The van der Waals surface area contributed by atoms with Crippen molar-refractivity contribution in [2.24, 2.45) is 0 Å². The van der Waals surface area contributed by atoms with Crippen LogP contribution in [0.3, 0.4) is 0 Å². The number of hydrogen-bond acceptors (Lipinski definition) is 6. The second-order valence-corrected chi connectivity index (χ2v) is 8.62. The fourth-order valence-corrected chi connectivity index (χ4v) is 3.96. The van der Waals surface area contributed by atoms with Crippen molar-refractivity contribution < 1.29 is 29.3 Å². The standard InChI is InChI=1S/C25H25ClN2O7/c1-11(2)15-9-16(26)12(3)7-18(15)35-10-14-8-13(5-6-17(14)34-4)19-20(24(30)31)22(27)28-23(29)21(19)25(32)33/h5-9,11H,10H2,1-4H3,(H,30,31)(H,32,33)(H3,27,28,29). The number of rotatable bonds is 8.